The number of carbonyl (C=O) groups excluding carboxylic acids is 1. The first-order valence-corrected chi connectivity index (χ1v) is 7.76. The summed E-state index contributed by atoms with van der Waals surface area (Å²) >= 11 is 0. The minimum absolute atomic E-state index is 0.0480. The molecule has 0 aliphatic rings. The quantitative estimate of drug-likeness (QED) is 0.722. The minimum Gasteiger partial charge on any atom is -0.481 e. The largest absolute Gasteiger partial charge is 0.481 e. The van der Waals surface area contributed by atoms with Crippen LogP contribution in [-0.4, -0.2) is 38.6 Å². The van der Waals surface area contributed by atoms with Gasteiger partial charge in [0, 0.05) is 6.54 Å². The highest BCUT2D eigenvalue weighted by atomic mass is 32.2. The number of esters is 1. The van der Waals surface area contributed by atoms with Crippen molar-refractivity contribution in [2.24, 2.45) is 5.92 Å². The van der Waals surface area contributed by atoms with Gasteiger partial charge in [-0.2, -0.15) is 0 Å². The number of hydrogen-bond donors (Lipinski definition) is 2. The first-order valence-electron chi connectivity index (χ1n) is 6.27. The normalized spacial score (nSPS) is 12.7. The predicted molar refractivity (Wildman–Crippen MR) is 74.4 cm³/mol. The van der Waals surface area contributed by atoms with Crippen LogP contribution < -0.4 is 4.72 Å². The van der Waals surface area contributed by atoms with E-state index in [1.807, 2.05) is 0 Å². The summed E-state index contributed by atoms with van der Waals surface area (Å²) in [5.41, 5.74) is 0.245. The van der Waals surface area contributed by atoms with E-state index >= 15 is 0 Å². The number of carbonyl (C=O) groups is 2. The summed E-state index contributed by atoms with van der Waals surface area (Å²) in [6.45, 7) is 3.09. The van der Waals surface area contributed by atoms with E-state index in [0.29, 0.717) is 0 Å². The van der Waals surface area contributed by atoms with E-state index in [4.69, 9.17) is 9.84 Å². The molecule has 1 aromatic carbocycles. The summed E-state index contributed by atoms with van der Waals surface area (Å²) in [4.78, 5) is 22.0. The van der Waals surface area contributed by atoms with E-state index in [9.17, 15) is 18.0 Å². The van der Waals surface area contributed by atoms with Crippen LogP contribution in [0.3, 0.4) is 0 Å². The Morgan fingerprint density at radius 3 is 2.33 bits per heavy atom. The van der Waals surface area contributed by atoms with Crippen LogP contribution in [0.1, 0.15) is 24.2 Å². The maximum Gasteiger partial charge on any atom is 0.338 e. The van der Waals surface area contributed by atoms with Crippen LogP contribution in [0.2, 0.25) is 0 Å². The Kier molecular flexibility index (Phi) is 5.86. The molecule has 0 fully saturated rings. The SMILES string of the molecule is CCOC(=O)c1ccc(S(=O)(=O)NCC(C)C(=O)O)cc1. The summed E-state index contributed by atoms with van der Waals surface area (Å²) in [5.74, 6) is -2.46. The standard InChI is InChI=1S/C13H17NO6S/c1-3-20-13(17)10-4-6-11(7-5-10)21(18,19)14-8-9(2)12(15)16/h4-7,9,14H,3,8H2,1-2H3,(H,15,16). The van der Waals surface area contributed by atoms with Crippen molar-refractivity contribution >= 4 is 22.0 Å². The van der Waals surface area contributed by atoms with Crippen LogP contribution in [0.4, 0.5) is 0 Å². The van der Waals surface area contributed by atoms with Crippen LogP contribution in [-0.2, 0) is 19.6 Å². The molecule has 2 N–H and O–H groups in total. The summed E-state index contributed by atoms with van der Waals surface area (Å²) < 4.78 is 30.9. The first kappa shape index (κ1) is 17.1. The number of sulfonamides is 1. The molecule has 1 atom stereocenters. The van der Waals surface area contributed by atoms with Gasteiger partial charge in [0.05, 0.1) is 23.0 Å². The van der Waals surface area contributed by atoms with Gasteiger partial charge in [0.25, 0.3) is 0 Å². The van der Waals surface area contributed by atoms with Gasteiger partial charge in [-0.25, -0.2) is 17.9 Å². The smallest absolute Gasteiger partial charge is 0.338 e. The number of hydrogen-bond acceptors (Lipinski definition) is 5. The zero-order chi connectivity index (χ0) is 16.0. The van der Waals surface area contributed by atoms with E-state index in [2.05, 4.69) is 4.72 Å². The summed E-state index contributed by atoms with van der Waals surface area (Å²) in [6.07, 6.45) is 0. The minimum atomic E-state index is -3.81. The maximum atomic E-state index is 11.9. The zero-order valence-electron chi connectivity index (χ0n) is 11.7. The van der Waals surface area contributed by atoms with Gasteiger partial charge < -0.3 is 9.84 Å². The lowest BCUT2D eigenvalue weighted by Gasteiger charge is -2.09. The molecule has 0 aliphatic carbocycles. The molecule has 21 heavy (non-hydrogen) atoms. The zero-order valence-corrected chi connectivity index (χ0v) is 12.5. The van der Waals surface area contributed by atoms with Crippen molar-refractivity contribution < 1.29 is 27.9 Å². The topological polar surface area (TPSA) is 110 Å². The number of nitrogens with one attached hydrogen (secondary N) is 1. The Morgan fingerprint density at radius 2 is 1.86 bits per heavy atom. The van der Waals surface area contributed by atoms with Crippen molar-refractivity contribution in [2.75, 3.05) is 13.2 Å². The van der Waals surface area contributed by atoms with E-state index < -0.39 is 27.9 Å². The fourth-order valence-corrected chi connectivity index (χ4v) is 2.52. The molecule has 0 aliphatic heterocycles. The Balaban J connectivity index is 2.80. The highest BCUT2D eigenvalue weighted by Crippen LogP contribution is 2.11. The molecule has 7 nitrogen and oxygen atoms in total. The van der Waals surface area contributed by atoms with Gasteiger partial charge in [0.15, 0.2) is 0 Å². The second kappa shape index (κ2) is 7.19. The molecule has 0 bridgehead atoms. The van der Waals surface area contributed by atoms with Crippen LogP contribution in [0.5, 0.6) is 0 Å². The lowest BCUT2D eigenvalue weighted by atomic mass is 10.2. The van der Waals surface area contributed by atoms with E-state index in [1.54, 1.807) is 6.92 Å². The highest BCUT2D eigenvalue weighted by Gasteiger charge is 2.18. The van der Waals surface area contributed by atoms with Crippen LogP contribution in [0.25, 0.3) is 0 Å². The molecule has 1 rings (SSSR count). The summed E-state index contributed by atoms with van der Waals surface area (Å²) in [5, 5.41) is 8.71. The summed E-state index contributed by atoms with van der Waals surface area (Å²) in [6, 6.07) is 5.21. The Labute approximate surface area is 123 Å². The van der Waals surface area contributed by atoms with Crippen LogP contribution in [0.15, 0.2) is 29.2 Å². The average molecular weight is 315 g/mol. The van der Waals surface area contributed by atoms with Crippen LogP contribution >= 0.6 is 0 Å². The second-order valence-corrected chi connectivity index (χ2v) is 6.10. The van der Waals surface area contributed by atoms with Crippen molar-refractivity contribution in [1.82, 2.24) is 4.72 Å². The molecule has 0 radical (unpaired) electrons. The highest BCUT2D eigenvalue weighted by molar-refractivity contribution is 7.89. The lowest BCUT2D eigenvalue weighted by Crippen LogP contribution is -2.31. The van der Waals surface area contributed by atoms with Crippen LogP contribution in [0, 0.1) is 5.92 Å². The Morgan fingerprint density at radius 1 is 1.29 bits per heavy atom. The van der Waals surface area contributed by atoms with Crippen molar-refractivity contribution in [3.05, 3.63) is 29.8 Å². The Bertz CT molecular complexity index is 608. The third-order valence-electron chi connectivity index (χ3n) is 2.68. The number of benzene rings is 1. The van der Waals surface area contributed by atoms with Crippen molar-refractivity contribution in [1.29, 1.82) is 0 Å². The van der Waals surface area contributed by atoms with E-state index in [1.165, 1.54) is 31.2 Å². The van der Waals surface area contributed by atoms with Gasteiger partial charge >= 0.3 is 11.9 Å². The van der Waals surface area contributed by atoms with Gasteiger partial charge in [-0.3, -0.25) is 4.79 Å². The molecular weight excluding hydrogens is 298 g/mol. The van der Waals surface area contributed by atoms with Gasteiger partial charge in [0.2, 0.25) is 10.0 Å². The van der Waals surface area contributed by atoms with Crippen molar-refractivity contribution in [3.63, 3.8) is 0 Å². The molecule has 1 aromatic rings. The third kappa shape index (κ3) is 4.83. The molecule has 0 amide bonds. The van der Waals surface area contributed by atoms with Crippen molar-refractivity contribution in [2.45, 2.75) is 18.7 Å². The molecule has 1 unspecified atom stereocenters. The molecule has 0 heterocycles. The van der Waals surface area contributed by atoms with Gasteiger partial charge in [-0.1, -0.05) is 6.92 Å². The molecule has 0 spiro atoms. The first-order chi connectivity index (χ1) is 9.77. The number of aliphatic carboxylic acids is 1. The van der Waals surface area contributed by atoms with E-state index in [-0.39, 0.29) is 23.6 Å². The fraction of sp³-hybridized carbons (Fsp3) is 0.385. The number of ether oxygens (including phenoxy) is 1. The number of carboxylic acid groups (broad SMARTS) is 1. The van der Waals surface area contributed by atoms with Gasteiger partial charge in [-0.05, 0) is 31.2 Å². The maximum absolute atomic E-state index is 11.9. The lowest BCUT2D eigenvalue weighted by molar-refractivity contribution is -0.140. The Hall–Kier alpha value is -1.93. The number of rotatable bonds is 7. The monoisotopic (exact) mass is 315 g/mol. The van der Waals surface area contributed by atoms with Crippen molar-refractivity contribution in [3.8, 4) is 0 Å². The third-order valence-corrected chi connectivity index (χ3v) is 4.12. The second-order valence-electron chi connectivity index (χ2n) is 4.34. The molecule has 0 saturated carbocycles. The molecule has 0 aromatic heterocycles. The van der Waals surface area contributed by atoms with Gasteiger partial charge in [0.1, 0.15) is 0 Å². The molecule has 116 valence electrons. The van der Waals surface area contributed by atoms with Gasteiger partial charge in [-0.15, -0.1) is 0 Å². The predicted octanol–water partition coefficient (Wildman–Crippen LogP) is 0.862. The molecule has 8 heteroatoms. The summed E-state index contributed by atoms with van der Waals surface area (Å²) in [7, 11) is -3.81. The average Bonchev–Trinajstić information content (AvgIpc) is 2.45. The number of carboxylic acids is 1. The molecular formula is C13H17NO6S. The van der Waals surface area contributed by atoms with E-state index in [0.717, 1.165) is 0 Å². The fourth-order valence-electron chi connectivity index (χ4n) is 1.39. The molecule has 0 saturated heterocycles.